The average Bonchev–Trinajstić information content (AvgIpc) is 2.58. The first-order chi connectivity index (χ1) is 6.60. The maximum absolute atomic E-state index is 5.86. The molecule has 1 fully saturated rings. The molecule has 78 valence electrons. The van der Waals surface area contributed by atoms with Crippen LogP contribution in [0.3, 0.4) is 0 Å². The van der Waals surface area contributed by atoms with Crippen LogP contribution in [0.2, 0.25) is 0 Å². The van der Waals surface area contributed by atoms with E-state index >= 15 is 0 Å². The molecule has 0 aromatic carbocycles. The molecule has 4 heteroatoms. The van der Waals surface area contributed by atoms with Gasteiger partial charge >= 0.3 is 0 Å². The van der Waals surface area contributed by atoms with E-state index in [9.17, 15) is 0 Å². The molecular formula is C10H17N3O. The van der Waals surface area contributed by atoms with Crippen molar-refractivity contribution in [2.24, 2.45) is 7.05 Å². The number of aryl methyl sites for hydroxylation is 1. The van der Waals surface area contributed by atoms with Crippen LogP contribution in [0.15, 0.2) is 12.4 Å². The highest BCUT2D eigenvalue weighted by atomic mass is 16.5. The van der Waals surface area contributed by atoms with E-state index in [4.69, 9.17) is 4.74 Å². The first-order valence-electron chi connectivity index (χ1n) is 4.97. The molecule has 1 aliphatic rings. The van der Waals surface area contributed by atoms with E-state index in [-0.39, 0.29) is 5.60 Å². The van der Waals surface area contributed by atoms with E-state index in [0.717, 1.165) is 18.7 Å². The highest BCUT2D eigenvalue weighted by Crippen LogP contribution is 2.26. The lowest BCUT2D eigenvalue weighted by Gasteiger charge is -2.36. The molecule has 2 unspecified atom stereocenters. The lowest BCUT2D eigenvalue weighted by Crippen LogP contribution is -2.49. The Morgan fingerprint density at radius 2 is 2.50 bits per heavy atom. The molecule has 1 aromatic heterocycles. The Kier molecular flexibility index (Phi) is 2.33. The Hall–Kier alpha value is -0.870. The number of hydrogen-bond donors (Lipinski definition) is 1. The molecule has 0 amide bonds. The Balaban J connectivity index is 2.16. The molecule has 0 spiro atoms. The third-order valence-corrected chi connectivity index (χ3v) is 2.76. The van der Waals surface area contributed by atoms with Gasteiger partial charge in [0.15, 0.2) is 0 Å². The number of nitrogens with one attached hydrogen (secondary N) is 1. The predicted molar refractivity (Wildman–Crippen MR) is 54.0 cm³/mol. The van der Waals surface area contributed by atoms with E-state index in [2.05, 4.69) is 24.3 Å². The quantitative estimate of drug-likeness (QED) is 0.715. The van der Waals surface area contributed by atoms with Crippen LogP contribution in [-0.4, -0.2) is 29.0 Å². The Morgan fingerprint density at radius 1 is 1.71 bits per heavy atom. The van der Waals surface area contributed by atoms with E-state index in [1.807, 2.05) is 24.1 Å². The largest absolute Gasteiger partial charge is 0.368 e. The minimum atomic E-state index is -0.221. The van der Waals surface area contributed by atoms with Crippen molar-refractivity contribution in [3.63, 3.8) is 0 Å². The maximum Gasteiger partial charge on any atom is 0.106 e. The minimum Gasteiger partial charge on any atom is -0.368 e. The van der Waals surface area contributed by atoms with Crippen molar-refractivity contribution >= 4 is 0 Å². The van der Waals surface area contributed by atoms with Gasteiger partial charge in [-0.25, -0.2) is 0 Å². The van der Waals surface area contributed by atoms with Crippen molar-refractivity contribution in [2.75, 3.05) is 13.2 Å². The van der Waals surface area contributed by atoms with Gasteiger partial charge in [0, 0.05) is 31.4 Å². The second-order valence-electron chi connectivity index (χ2n) is 4.23. The standard InChI is InChI=1S/C10H17N3O/c1-8-6-14-10(2,7-11-8)9-4-12-13(3)5-9/h4-5,8,11H,6-7H2,1-3H3. The second-order valence-corrected chi connectivity index (χ2v) is 4.23. The molecule has 2 rings (SSSR count). The van der Waals surface area contributed by atoms with Crippen LogP contribution in [0.1, 0.15) is 19.4 Å². The fraction of sp³-hybridized carbons (Fsp3) is 0.700. The van der Waals surface area contributed by atoms with Crippen LogP contribution in [0.5, 0.6) is 0 Å². The molecule has 1 aliphatic heterocycles. The van der Waals surface area contributed by atoms with E-state index in [1.54, 1.807) is 0 Å². The fourth-order valence-corrected chi connectivity index (χ4v) is 1.67. The topological polar surface area (TPSA) is 39.1 Å². The van der Waals surface area contributed by atoms with Crippen molar-refractivity contribution < 1.29 is 4.74 Å². The van der Waals surface area contributed by atoms with Gasteiger partial charge in [-0.15, -0.1) is 0 Å². The van der Waals surface area contributed by atoms with Crippen LogP contribution in [-0.2, 0) is 17.4 Å². The molecule has 2 heterocycles. The van der Waals surface area contributed by atoms with Gasteiger partial charge in [0.1, 0.15) is 5.60 Å². The van der Waals surface area contributed by atoms with Gasteiger partial charge in [0.25, 0.3) is 0 Å². The summed E-state index contributed by atoms with van der Waals surface area (Å²) in [7, 11) is 1.92. The third-order valence-electron chi connectivity index (χ3n) is 2.76. The minimum absolute atomic E-state index is 0.221. The zero-order valence-electron chi connectivity index (χ0n) is 8.95. The van der Waals surface area contributed by atoms with E-state index in [1.165, 1.54) is 0 Å². The summed E-state index contributed by atoms with van der Waals surface area (Å²) < 4.78 is 7.67. The van der Waals surface area contributed by atoms with E-state index < -0.39 is 0 Å². The number of rotatable bonds is 1. The summed E-state index contributed by atoms with van der Waals surface area (Å²) in [6, 6.07) is 0.444. The zero-order valence-corrected chi connectivity index (χ0v) is 8.95. The van der Waals surface area contributed by atoms with Crippen LogP contribution in [0.4, 0.5) is 0 Å². The maximum atomic E-state index is 5.86. The summed E-state index contributed by atoms with van der Waals surface area (Å²) in [4.78, 5) is 0. The normalized spacial score (nSPS) is 33.2. The average molecular weight is 195 g/mol. The molecule has 4 nitrogen and oxygen atoms in total. The molecule has 2 atom stereocenters. The van der Waals surface area contributed by atoms with Gasteiger partial charge < -0.3 is 10.1 Å². The lowest BCUT2D eigenvalue weighted by atomic mass is 9.97. The molecular weight excluding hydrogens is 178 g/mol. The number of nitrogens with zero attached hydrogens (tertiary/aromatic N) is 2. The van der Waals surface area contributed by atoms with Crippen molar-refractivity contribution in [3.05, 3.63) is 18.0 Å². The number of aromatic nitrogens is 2. The summed E-state index contributed by atoms with van der Waals surface area (Å²) in [6.45, 7) is 5.83. The summed E-state index contributed by atoms with van der Waals surface area (Å²) >= 11 is 0. The number of hydrogen-bond acceptors (Lipinski definition) is 3. The van der Waals surface area contributed by atoms with Gasteiger partial charge in [-0.05, 0) is 13.8 Å². The molecule has 1 N–H and O–H groups in total. The monoisotopic (exact) mass is 195 g/mol. The first-order valence-corrected chi connectivity index (χ1v) is 4.97. The van der Waals surface area contributed by atoms with Gasteiger partial charge in [-0.2, -0.15) is 5.10 Å². The van der Waals surface area contributed by atoms with Crippen LogP contribution in [0.25, 0.3) is 0 Å². The molecule has 0 saturated carbocycles. The molecule has 0 aliphatic carbocycles. The van der Waals surface area contributed by atoms with Gasteiger partial charge in [-0.3, -0.25) is 4.68 Å². The zero-order chi connectivity index (χ0) is 10.2. The first kappa shape index (κ1) is 9.68. The van der Waals surface area contributed by atoms with Gasteiger partial charge in [-0.1, -0.05) is 0 Å². The molecule has 1 aromatic rings. The van der Waals surface area contributed by atoms with Crippen molar-refractivity contribution in [3.8, 4) is 0 Å². The van der Waals surface area contributed by atoms with E-state index in [0.29, 0.717) is 6.04 Å². The van der Waals surface area contributed by atoms with Crippen molar-refractivity contribution in [1.82, 2.24) is 15.1 Å². The highest BCUT2D eigenvalue weighted by Gasteiger charge is 2.33. The summed E-state index contributed by atoms with van der Waals surface area (Å²) in [5.41, 5.74) is 0.917. The fourth-order valence-electron chi connectivity index (χ4n) is 1.67. The van der Waals surface area contributed by atoms with Crippen LogP contribution >= 0.6 is 0 Å². The van der Waals surface area contributed by atoms with Crippen LogP contribution in [0, 0.1) is 0 Å². The lowest BCUT2D eigenvalue weighted by molar-refractivity contribution is -0.0728. The van der Waals surface area contributed by atoms with Gasteiger partial charge in [0.05, 0.1) is 12.8 Å². The number of morpholine rings is 1. The SMILES string of the molecule is CC1COC(C)(c2cnn(C)c2)CN1. The summed E-state index contributed by atoms with van der Waals surface area (Å²) in [6.07, 6.45) is 3.88. The second kappa shape index (κ2) is 3.37. The highest BCUT2D eigenvalue weighted by molar-refractivity contribution is 5.16. The number of ether oxygens (including phenoxy) is 1. The van der Waals surface area contributed by atoms with Gasteiger partial charge in [0.2, 0.25) is 0 Å². The Bertz CT molecular complexity index is 313. The molecule has 14 heavy (non-hydrogen) atoms. The predicted octanol–water partition coefficient (Wildman–Crippen LogP) is 0.644. The van der Waals surface area contributed by atoms with Crippen molar-refractivity contribution in [2.45, 2.75) is 25.5 Å². The third kappa shape index (κ3) is 1.67. The summed E-state index contributed by atoms with van der Waals surface area (Å²) in [5, 5.41) is 7.58. The molecule has 1 saturated heterocycles. The Labute approximate surface area is 84.3 Å². The van der Waals surface area contributed by atoms with Crippen molar-refractivity contribution in [1.29, 1.82) is 0 Å². The smallest absolute Gasteiger partial charge is 0.106 e. The summed E-state index contributed by atoms with van der Waals surface area (Å²) in [5.74, 6) is 0. The molecule has 0 radical (unpaired) electrons. The Morgan fingerprint density at radius 3 is 3.00 bits per heavy atom. The molecule has 0 bridgehead atoms. The van der Waals surface area contributed by atoms with Crippen LogP contribution < -0.4 is 5.32 Å².